The van der Waals surface area contributed by atoms with Crippen LogP contribution in [-0.2, 0) is 37.1 Å². The molecule has 2 aliphatic carbocycles. The van der Waals surface area contributed by atoms with Crippen LogP contribution in [0.5, 0.6) is 5.75 Å². The van der Waals surface area contributed by atoms with Gasteiger partial charge in [-0.3, -0.25) is 9.69 Å². The van der Waals surface area contributed by atoms with Gasteiger partial charge in [0, 0.05) is 30.5 Å². The number of benzene rings is 2. The van der Waals surface area contributed by atoms with Crippen molar-refractivity contribution in [2.24, 2.45) is 11.8 Å². The van der Waals surface area contributed by atoms with Crippen LogP contribution < -0.4 is 4.74 Å². The molecule has 2 bridgehead atoms. The highest BCUT2D eigenvalue weighted by Crippen LogP contribution is 2.62. The quantitative estimate of drug-likeness (QED) is 0.326. The van der Waals surface area contributed by atoms with Crippen molar-refractivity contribution in [3.63, 3.8) is 0 Å². The van der Waals surface area contributed by atoms with Crippen LogP contribution in [0.25, 0.3) is 0 Å². The Hall–Kier alpha value is -2.68. The predicted molar refractivity (Wildman–Crippen MR) is 154 cm³/mol. The molecular weight excluding hydrogens is 524 g/mol. The number of ether oxygens (including phenoxy) is 2. The second kappa shape index (κ2) is 10.3. The Labute approximate surface area is 238 Å². The highest BCUT2D eigenvalue weighted by atomic mass is 32.2. The average Bonchev–Trinajstić information content (AvgIpc) is 3.23. The molecule has 214 valence electrons. The van der Waals surface area contributed by atoms with Gasteiger partial charge in [0.25, 0.3) is 0 Å². The van der Waals surface area contributed by atoms with Gasteiger partial charge in [-0.2, -0.15) is 4.31 Å². The Morgan fingerprint density at radius 1 is 1.18 bits per heavy atom. The summed E-state index contributed by atoms with van der Waals surface area (Å²) in [5.74, 6) is 1.58. The Morgan fingerprint density at radius 2 is 1.95 bits per heavy atom. The SMILES string of the molecule is C=C(CN1CC[C@]23c4c5cccc4O[C@H]2[C@H](N(CC(C)C)S(=O)(=O)Cc2ccccc2)CC[C@H]3[C@H]1C5)OC(C)=O. The molecule has 4 aliphatic rings. The van der Waals surface area contributed by atoms with E-state index in [9.17, 15) is 13.2 Å². The molecule has 1 saturated carbocycles. The second-order valence-electron chi connectivity index (χ2n) is 12.4. The molecule has 7 nitrogen and oxygen atoms in total. The van der Waals surface area contributed by atoms with E-state index in [2.05, 4.69) is 43.5 Å². The first-order chi connectivity index (χ1) is 19.1. The largest absolute Gasteiger partial charge is 0.487 e. The third-order valence-electron chi connectivity index (χ3n) is 9.43. The molecule has 2 heterocycles. The Balaban J connectivity index is 1.37. The van der Waals surface area contributed by atoms with Crippen LogP contribution in [0.3, 0.4) is 0 Å². The summed E-state index contributed by atoms with van der Waals surface area (Å²) in [4.78, 5) is 14.0. The lowest BCUT2D eigenvalue weighted by Gasteiger charge is -2.60. The van der Waals surface area contributed by atoms with E-state index in [1.165, 1.54) is 18.1 Å². The van der Waals surface area contributed by atoms with Crippen molar-refractivity contribution < 1.29 is 22.7 Å². The number of hydrogen-bond donors (Lipinski definition) is 0. The van der Waals surface area contributed by atoms with Crippen molar-refractivity contribution in [1.29, 1.82) is 0 Å². The van der Waals surface area contributed by atoms with Gasteiger partial charge in [-0.1, -0.05) is 62.9 Å². The molecule has 1 saturated heterocycles. The standard InChI is InChI=1S/C32H40N2O5S/c1-21(2)18-34(40(36,37)20-24-9-6-5-7-10-24)27-14-13-26-28-17-25-11-8-12-29-30(25)32(26,31(27)39-29)15-16-33(28)19-22(3)38-23(4)35/h5-12,21,26-28,31H,3,13-20H2,1-2,4H3/t26-,27+,28+,31-,32-/m0/s1. The first kappa shape index (κ1) is 27.5. The third-order valence-corrected chi connectivity index (χ3v) is 11.3. The lowest BCUT2D eigenvalue weighted by molar-refractivity contribution is -0.137. The van der Waals surface area contributed by atoms with Gasteiger partial charge in [0.05, 0.1) is 18.3 Å². The molecular formula is C32H40N2O5S. The zero-order valence-corrected chi connectivity index (χ0v) is 24.5. The molecule has 0 N–H and O–H groups in total. The number of hydrogen-bond acceptors (Lipinski definition) is 6. The number of carbonyl (C=O) groups excluding carboxylic acids is 1. The Morgan fingerprint density at radius 3 is 2.67 bits per heavy atom. The fraction of sp³-hybridized carbons (Fsp3) is 0.531. The van der Waals surface area contributed by atoms with Gasteiger partial charge in [-0.15, -0.1) is 0 Å². The molecule has 2 aromatic carbocycles. The molecule has 0 unspecified atom stereocenters. The monoisotopic (exact) mass is 564 g/mol. The number of nitrogens with zero attached hydrogens (tertiary/aromatic N) is 2. The van der Waals surface area contributed by atoms with Gasteiger partial charge in [-0.05, 0) is 61.3 Å². The number of carbonyl (C=O) groups is 1. The Kier molecular flexibility index (Phi) is 7.08. The molecule has 2 aliphatic heterocycles. The predicted octanol–water partition coefficient (Wildman–Crippen LogP) is 4.66. The van der Waals surface area contributed by atoms with Crippen LogP contribution in [0.1, 0.15) is 56.7 Å². The number of esters is 1. The van der Waals surface area contributed by atoms with E-state index in [0.29, 0.717) is 24.8 Å². The van der Waals surface area contributed by atoms with Crippen molar-refractivity contribution in [2.75, 3.05) is 19.6 Å². The summed E-state index contributed by atoms with van der Waals surface area (Å²) in [6.07, 6.45) is 3.24. The minimum Gasteiger partial charge on any atom is -0.487 e. The Bertz CT molecular complexity index is 1410. The maximum atomic E-state index is 14.1. The normalized spacial score (nSPS) is 28.7. The summed E-state index contributed by atoms with van der Waals surface area (Å²) in [7, 11) is -3.59. The van der Waals surface area contributed by atoms with E-state index < -0.39 is 10.0 Å². The molecule has 2 aromatic rings. The molecule has 8 heteroatoms. The van der Waals surface area contributed by atoms with E-state index in [0.717, 1.165) is 43.5 Å². The van der Waals surface area contributed by atoms with Gasteiger partial charge in [0.1, 0.15) is 17.6 Å². The summed E-state index contributed by atoms with van der Waals surface area (Å²) >= 11 is 0. The zero-order chi connectivity index (χ0) is 28.2. The van der Waals surface area contributed by atoms with Crippen molar-refractivity contribution in [1.82, 2.24) is 9.21 Å². The van der Waals surface area contributed by atoms with Gasteiger partial charge in [-0.25, -0.2) is 8.42 Å². The number of piperidine rings is 1. The minimum absolute atomic E-state index is 0.00687. The first-order valence-corrected chi connectivity index (χ1v) is 16.1. The van der Waals surface area contributed by atoms with E-state index in [-0.39, 0.29) is 41.2 Å². The van der Waals surface area contributed by atoms with E-state index in [4.69, 9.17) is 9.47 Å². The highest BCUT2D eigenvalue weighted by Gasteiger charge is 2.66. The number of rotatable bonds is 9. The lowest BCUT2D eigenvalue weighted by Crippen LogP contribution is -2.69. The smallest absolute Gasteiger partial charge is 0.307 e. The summed E-state index contributed by atoms with van der Waals surface area (Å²) < 4.78 is 42.2. The number of sulfonamides is 1. The van der Waals surface area contributed by atoms with Gasteiger partial charge in [0.2, 0.25) is 10.0 Å². The van der Waals surface area contributed by atoms with E-state index in [1.54, 1.807) is 4.31 Å². The van der Waals surface area contributed by atoms with Crippen LogP contribution in [0, 0.1) is 11.8 Å². The molecule has 0 amide bonds. The molecule has 1 spiro atoms. The third kappa shape index (κ3) is 4.58. The van der Waals surface area contributed by atoms with Crippen molar-refractivity contribution in [3.8, 4) is 5.75 Å². The van der Waals surface area contributed by atoms with Crippen LogP contribution in [-0.4, -0.2) is 61.4 Å². The summed E-state index contributed by atoms with van der Waals surface area (Å²) in [6, 6.07) is 15.9. The van der Waals surface area contributed by atoms with Crippen molar-refractivity contribution in [3.05, 3.63) is 77.6 Å². The van der Waals surface area contributed by atoms with Crippen LogP contribution in [0.15, 0.2) is 60.9 Å². The fourth-order valence-corrected chi connectivity index (χ4v) is 10.1. The fourth-order valence-electron chi connectivity index (χ4n) is 8.21. The molecule has 6 rings (SSSR count). The minimum atomic E-state index is -3.59. The maximum absolute atomic E-state index is 14.1. The topological polar surface area (TPSA) is 76.2 Å². The van der Waals surface area contributed by atoms with Gasteiger partial charge < -0.3 is 9.47 Å². The molecule has 5 atom stereocenters. The van der Waals surface area contributed by atoms with Gasteiger partial charge >= 0.3 is 5.97 Å². The zero-order valence-electron chi connectivity index (χ0n) is 23.7. The van der Waals surface area contributed by atoms with Crippen LogP contribution in [0.4, 0.5) is 0 Å². The summed E-state index contributed by atoms with van der Waals surface area (Å²) in [5.41, 5.74) is 3.19. The van der Waals surface area contributed by atoms with Gasteiger partial charge in [0.15, 0.2) is 0 Å². The van der Waals surface area contributed by atoms with Crippen LogP contribution >= 0.6 is 0 Å². The summed E-state index contributed by atoms with van der Waals surface area (Å²) in [5, 5.41) is 0. The molecule has 2 fully saturated rings. The van der Waals surface area contributed by atoms with E-state index >= 15 is 0 Å². The molecule has 40 heavy (non-hydrogen) atoms. The summed E-state index contributed by atoms with van der Waals surface area (Å²) in [6.45, 7) is 11.4. The average molecular weight is 565 g/mol. The highest BCUT2D eigenvalue weighted by molar-refractivity contribution is 7.88. The van der Waals surface area contributed by atoms with Crippen molar-refractivity contribution in [2.45, 2.75) is 75.8 Å². The second-order valence-corrected chi connectivity index (χ2v) is 14.4. The first-order valence-electron chi connectivity index (χ1n) is 14.5. The van der Waals surface area contributed by atoms with E-state index in [1.807, 2.05) is 30.3 Å². The number of likely N-dealkylation sites (tertiary alicyclic amines) is 1. The lowest BCUT2D eigenvalue weighted by atomic mass is 9.51. The van der Waals surface area contributed by atoms with Crippen molar-refractivity contribution >= 4 is 16.0 Å². The molecule has 0 radical (unpaired) electrons. The maximum Gasteiger partial charge on any atom is 0.307 e. The molecule has 0 aromatic heterocycles. The van der Waals surface area contributed by atoms with Crippen LogP contribution in [0.2, 0.25) is 0 Å².